The Hall–Kier alpha value is -1.67. The Balaban J connectivity index is 1.74. The van der Waals surface area contributed by atoms with E-state index in [0.29, 0.717) is 0 Å². The summed E-state index contributed by atoms with van der Waals surface area (Å²) in [6, 6.07) is 15.2. The SMILES string of the molecule is CC1CCC(CNC(c2ccccc2)c2ccncc2)C1. The third-order valence-corrected chi connectivity index (χ3v) is 4.59. The smallest absolute Gasteiger partial charge is 0.0577 e. The average molecular weight is 280 g/mol. The molecule has 110 valence electrons. The van der Waals surface area contributed by atoms with Gasteiger partial charge in [0.1, 0.15) is 0 Å². The number of hydrogen-bond acceptors (Lipinski definition) is 2. The molecule has 1 aliphatic carbocycles. The molecular formula is C19H24N2. The Morgan fingerprint density at radius 1 is 1.05 bits per heavy atom. The topological polar surface area (TPSA) is 24.9 Å². The lowest BCUT2D eigenvalue weighted by molar-refractivity contribution is 0.450. The second-order valence-electron chi connectivity index (χ2n) is 6.32. The third-order valence-electron chi connectivity index (χ3n) is 4.59. The molecule has 1 aromatic carbocycles. The first-order valence-corrected chi connectivity index (χ1v) is 8.01. The van der Waals surface area contributed by atoms with E-state index in [1.807, 2.05) is 12.4 Å². The van der Waals surface area contributed by atoms with Crippen LogP contribution < -0.4 is 5.32 Å². The van der Waals surface area contributed by atoms with Gasteiger partial charge in [0.2, 0.25) is 0 Å². The van der Waals surface area contributed by atoms with Gasteiger partial charge in [-0.25, -0.2) is 0 Å². The number of hydrogen-bond donors (Lipinski definition) is 1. The van der Waals surface area contributed by atoms with Crippen LogP contribution in [-0.4, -0.2) is 11.5 Å². The van der Waals surface area contributed by atoms with Crippen molar-refractivity contribution in [1.29, 1.82) is 0 Å². The summed E-state index contributed by atoms with van der Waals surface area (Å²) < 4.78 is 0. The van der Waals surface area contributed by atoms with E-state index in [1.54, 1.807) is 0 Å². The number of benzene rings is 1. The van der Waals surface area contributed by atoms with E-state index in [0.717, 1.165) is 18.4 Å². The fourth-order valence-corrected chi connectivity index (χ4v) is 3.42. The molecule has 3 atom stereocenters. The van der Waals surface area contributed by atoms with Crippen molar-refractivity contribution >= 4 is 0 Å². The Kier molecular flexibility index (Phi) is 4.66. The van der Waals surface area contributed by atoms with E-state index < -0.39 is 0 Å². The van der Waals surface area contributed by atoms with Crippen LogP contribution >= 0.6 is 0 Å². The molecule has 2 heteroatoms. The summed E-state index contributed by atoms with van der Waals surface area (Å²) in [4.78, 5) is 4.14. The Bertz CT molecular complexity index is 499. The summed E-state index contributed by atoms with van der Waals surface area (Å²) in [5.41, 5.74) is 2.62. The molecule has 0 amide bonds. The maximum atomic E-state index is 4.14. The van der Waals surface area contributed by atoms with Gasteiger partial charge < -0.3 is 5.32 Å². The largest absolute Gasteiger partial charge is 0.306 e. The molecule has 3 rings (SSSR count). The van der Waals surface area contributed by atoms with Crippen molar-refractivity contribution in [1.82, 2.24) is 10.3 Å². The number of aromatic nitrogens is 1. The normalized spacial score (nSPS) is 23.1. The number of nitrogens with one attached hydrogen (secondary N) is 1. The lowest BCUT2D eigenvalue weighted by Crippen LogP contribution is -2.27. The maximum Gasteiger partial charge on any atom is 0.0577 e. The van der Waals surface area contributed by atoms with Gasteiger partial charge in [0, 0.05) is 12.4 Å². The number of pyridine rings is 1. The van der Waals surface area contributed by atoms with Crippen LogP contribution in [0.3, 0.4) is 0 Å². The van der Waals surface area contributed by atoms with Crippen molar-refractivity contribution in [3.8, 4) is 0 Å². The van der Waals surface area contributed by atoms with Crippen LogP contribution in [0, 0.1) is 11.8 Å². The highest BCUT2D eigenvalue weighted by Crippen LogP contribution is 2.31. The van der Waals surface area contributed by atoms with Crippen LogP contribution in [0.2, 0.25) is 0 Å². The lowest BCUT2D eigenvalue weighted by atomic mass is 9.98. The third kappa shape index (κ3) is 3.70. The van der Waals surface area contributed by atoms with Crippen molar-refractivity contribution in [3.63, 3.8) is 0 Å². The highest BCUT2D eigenvalue weighted by Gasteiger charge is 2.22. The molecule has 1 N–H and O–H groups in total. The van der Waals surface area contributed by atoms with E-state index in [2.05, 4.69) is 59.7 Å². The summed E-state index contributed by atoms with van der Waals surface area (Å²) in [6.45, 7) is 3.48. The fourth-order valence-electron chi connectivity index (χ4n) is 3.42. The van der Waals surface area contributed by atoms with Crippen LogP contribution in [0.25, 0.3) is 0 Å². The van der Waals surface area contributed by atoms with E-state index in [4.69, 9.17) is 0 Å². The summed E-state index contributed by atoms with van der Waals surface area (Å²) in [6.07, 6.45) is 7.88. The molecule has 0 radical (unpaired) electrons. The fraction of sp³-hybridized carbons (Fsp3) is 0.421. The molecule has 0 bridgehead atoms. The second-order valence-corrected chi connectivity index (χ2v) is 6.32. The molecule has 1 heterocycles. The molecule has 0 saturated heterocycles. The average Bonchev–Trinajstić information content (AvgIpc) is 2.95. The first-order chi connectivity index (χ1) is 10.3. The van der Waals surface area contributed by atoms with Crippen LogP contribution in [0.1, 0.15) is 43.4 Å². The molecule has 1 aliphatic rings. The van der Waals surface area contributed by atoms with E-state index in [9.17, 15) is 0 Å². The quantitative estimate of drug-likeness (QED) is 0.888. The Morgan fingerprint density at radius 2 is 1.76 bits per heavy atom. The minimum Gasteiger partial charge on any atom is -0.306 e. The lowest BCUT2D eigenvalue weighted by Gasteiger charge is -2.22. The van der Waals surface area contributed by atoms with Crippen LogP contribution in [0.4, 0.5) is 0 Å². The number of rotatable bonds is 5. The van der Waals surface area contributed by atoms with Gasteiger partial charge in [-0.15, -0.1) is 0 Å². The van der Waals surface area contributed by atoms with Crippen LogP contribution in [0.5, 0.6) is 0 Å². The highest BCUT2D eigenvalue weighted by atomic mass is 14.9. The van der Waals surface area contributed by atoms with Crippen molar-refractivity contribution < 1.29 is 0 Å². The zero-order chi connectivity index (χ0) is 14.5. The van der Waals surface area contributed by atoms with Gasteiger partial charge in [0.25, 0.3) is 0 Å². The zero-order valence-corrected chi connectivity index (χ0v) is 12.7. The van der Waals surface area contributed by atoms with Gasteiger partial charge in [-0.3, -0.25) is 4.98 Å². The second kappa shape index (κ2) is 6.86. The van der Waals surface area contributed by atoms with Gasteiger partial charge >= 0.3 is 0 Å². The highest BCUT2D eigenvalue weighted by molar-refractivity contribution is 5.30. The first kappa shape index (κ1) is 14.3. The summed E-state index contributed by atoms with van der Waals surface area (Å²) >= 11 is 0. The van der Waals surface area contributed by atoms with Gasteiger partial charge in [-0.2, -0.15) is 0 Å². The summed E-state index contributed by atoms with van der Waals surface area (Å²) in [5, 5.41) is 3.79. The molecule has 3 unspecified atom stereocenters. The van der Waals surface area contributed by atoms with Gasteiger partial charge in [0.15, 0.2) is 0 Å². The van der Waals surface area contributed by atoms with Crippen molar-refractivity contribution in [2.75, 3.05) is 6.54 Å². The predicted octanol–water partition coefficient (Wildman–Crippen LogP) is 4.20. The van der Waals surface area contributed by atoms with Crippen LogP contribution in [0.15, 0.2) is 54.9 Å². The Morgan fingerprint density at radius 3 is 2.43 bits per heavy atom. The van der Waals surface area contributed by atoms with E-state index in [-0.39, 0.29) is 6.04 Å². The van der Waals surface area contributed by atoms with Crippen molar-refractivity contribution in [2.45, 2.75) is 32.2 Å². The molecule has 1 fully saturated rings. The zero-order valence-electron chi connectivity index (χ0n) is 12.7. The summed E-state index contributed by atoms with van der Waals surface area (Å²) in [5.74, 6) is 1.72. The molecule has 2 nitrogen and oxygen atoms in total. The standard InChI is InChI=1S/C19H24N2/c1-15-7-8-16(13-15)14-21-19(17-5-3-2-4-6-17)18-9-11-20-12-10-18/h2-6,9-12,15-16,19,21H,7-8,13-14H2,1H3. The van der Waals surface area contributed by atoms with Crippen LogP contribution in [-0.2, 0) is 0 Å². The Labute approximate surface area is 127 Å². The predicted molar refractivity (Wildman–Crippen MR) is 87.0 cm³/mol. The minimum atomic E-state index is 0.269. The van der Waals surface area contributed by atoms with Gasteiger partial charge in [-0.1, -0.05) is 43.7 Å². The van der Waals surface area contributed by atoms with Gasteiger partial charge in [0.05, 0.1) is 6.04 Å². The van der Waals surface area contributed by atoms with Crippen molar-refractivity contribution in [2.24, 2.45) is 11.8 Å². The summed E-state index contributed by atoms with van der Waals surface area (Å²) in [7, 11) is 0. The van der Waals surface area contributed by atoms with E-state index >= 15 is 0 Å². The molecular weight excluding hydrogens is 256 g/mol. The first-order valence-electron chi connectivity index (χ1n) is 8.01. The molecule has 1 saturated carbocycles. The molecule has 1 aromatic heterocycles. The monoisotopic (exact) mass is 280 g/mol. The van der Waals surface area contributed by atoms with Gasteiger partial charge in [-0.05, 0) is 54.5 Å². The number of nitrogens with zero attached hydrogens (tertiary/aromatic N) is 1. The maximum absolute atomic E-state index is 4.14. The minimum absolute atomic E-state index is 0.269. The molecule has 2 aromatic rings. The molecule has 0 aliphatic heterocycles. The van der Waals surface area contributed by atoms with E-state index in [1.165, 1.54) is 30.4 Å². The van der Waals surface area contributed by atoms with Crippen molar-refractivity contribution in [3.05, 3.63) is 66.0 Å². The molecule has 21 heavy (non-hydrogen) atoms. The molecule has 0 spiro atoms.